The minimum absolute atomic E-state index is 0.628. The molecular weight excluding hydrogens is 206 g/mol. The predicted molar refractivity (Wildman–Crippen MR) is 63.8 cm³/mol. The molecule has 0 aliphatic carbocycles. The molecule has 1 heterocycles. The summed E-state index contributed by atoms with van der Waals surface area (Å²) in [5.74, 6) is 0.823. The molecule has 2 aromatic rings. The van der Waals surface area contributed by atoms with Gasteiger partial charge in [0.2, 0.25) is 0 Å². The molecule has 0 radical (unpaired) electrons. The minimum atomic E-state index is 0.628. The van der Waals surface area contributed by atoms with Crippen LogP contribution >= 0.6 is 12.2 Å². The maximum Gasteiger partial charge on any atom is 0.195 e. The first-order valence-electron chi connectivity index (χ1n) is 4.62. The van der Waals surface area contributed by atoms with Gasteiger partial charge in [-0.1, -0.05) is 36.4 Å². The lowest BCUT2D eigenvalue weighted by Gasteiger charge is -1.93. The molecule has 0 aliphatic rings. The Morgan fingerprint density at radius 2 is 2.00 bits per heavy atom. The molecule has 1 N–H and O–H groups in total. The Labute approximate surface area is 93.1 Å². The first-order valence-corrected chi connectivity index (χ1v) is 5.03. The molecule has 1 aromatic heterocycles. The molecule has 76 valence electrons. The molecule has 0 spiro atoms. The average molecular weight is 217 g/mol. The van der Waals surface area contributed by atoms with Gasteiger partial charge in [-0.25, -0.2) is 0 Å². The number of rotatable bonds is 2. The fourth-order valence-electron chi connectivity index (χ4n) is 1.24. The normalized spacial score (nSPS) is 11.0. The van der Waals surface area contributed by atoms with Crippen LogP contribution in [0, 0.1) is 4.77 Å². The molecule has 0 unspecified atom stereocenters. The van der Waals surface area contributed by atoms with Crippen molar-refractivity contribution < 1.29 is 0 Å². The number of aromatic amines is 1. The van der Waals surface area contributed by atoms with Gasteiger partial charge in [-0.15, -0.1) is 0 Å². The van der Waals surface area contributed by atoms with Crippen LogP contribution in [0.1, 0.15) is 11.4 Å². The third-order valence-corrected chi connectivity index (χ3v) is 2.50. The average Bonchev–Trinajstić information content (AvgIpc) is 2.59. The zero-order valence-electron chi connectivity index (χ0n) is 8.34. The van der Waals surface area contributed by atoms with E-state index in [9.17, 15) is 0 Å². The van der Waals surface area contributed by atoms with Crippen molar-refractivity contribution in [3.8, 4) is 0 Å². The topological polar surface area (TPSA) is 33.6 Å². The highest BCUT2D eigenvalue weighted by Crippen LogP contribution is 2.05. The van der Waals surface area contributed by atoms with Gasteiger partial charge < -0.3 is 4.57 Å². The van der Waals surface area contributed by atoms with E-state index in [0.717, 1.165) is 11.4 Å². The van der Waals surface area contributed by atoms with E-state index in [-0.39, 0.29) is 0 Å². The molecule has 15 heavy (non-hydrogen) atoms. The van der Waals surface area contributed by atoms with Crippen LogP contribution in [0.3, 0.4) is 0 Å². The van der Waals surface area contributed by atoms with Crippen molar-refractivity contribution in [3.05, 3.63) is 46.5 Å². The monoisotopic (exact) mass is 217 g/mol. The summed E-state index contributed by atoms with van der Waals surface area (Å²) in [6, 6.07) is 10.1. The summed E-state index contributed by atoms with van der Waals surface area (Å²) >= 11 is 5.02. The van der Waals surface area contributed by atoms with E-state index >= 15 is 0 Å². The van der Waals surface area contributed by atoms with Crippen LogP contribution in [0.4, 0.5) is 0 Å². The van der Waals surface area contributed by atoms with Gasteiger partial charge in [0.05, 0.1) is 0 Å². The van der Waals surface area contributed by atoms with Crippen LogP contribution in [0.5, 0.6) is 0 Å². The Balaban J connectivity index is 2.26. The summed E-state index contributed by atoms with van der Waals surface area (Å²) in [6.45, 7) is 0. The molecule has 4 heteroatoms. The van der Waals surface area contributed by atoms with Crippen LogP contribution in [0.2, 0.25) is 0 Å². The molecule has 0 aliphatic heterocycles. The number of benzene rings is 1. The molecule has 1 aromatic carbocycles. The van der Waals surface area contributed by atoms with Gasteiger partial charge in [0, 0.05) is 7.05 Å². The highest BCUT2D eigenvalue weighted by molar-refractivity contribution is 7.71. The molecule has 0 atom stereocenters. The largest absolute Gasteiger partial charge is 0.304 e. The number of hydrogen-bond acceptors (Lipinski definition) is 2. The van der Waals surface area contributed by atoms with E-state index in [1.165, 1.54) is 0 Å². The number of H-pyrrole nitrogens is 1. The van der Waals surface area contributed by atoms with Gasteiger partial charge in [0.25, 0.3) is 0 Å². The molecule has 0 saturated carbocycles. The molecule has 0 amide bonds. The van der Waals surface area contributed by atoms with Crippen molar-refractivity contribution in [2.45, 2.75) is 0 Å². The SMILES string of the molecule is Cn1c(/C=C/c2ccccc2)n[nH]c1=S. The van der Waals surface area contributed by atoms with Gasteiger partial charge in [-0.2, -0.15) is 5.10 Å². The van der Waals surface area contributed by atoms with Gasteiger partial charge in [0.15, 0.2) is 10.6 Å². The lowest BCUT2D eigenvalue weighted by molar-refractivity contribution is 0.881. The summed E-state index contributed by atoms with van der Waals surface area (Å²) in [4.78, 5) is 0. The third kappa shape index (κ3) is 2.22. The first-order chi connectivity index (χ1) is 7.27. The predicted octanol–water partition coefficient (Wildman–Crippen LogP) is 2.65. The van der Waals surface area contributed by atoms with Crippen LogP contribution in [-0.4, -0.2) is 14.8 Å². The fraction of sp³-hybridized carbons (Fsp3) is 0.0909. The van der Waals surface area contributed by atoms with E-state index in [2.05, 4.69) is 10.2 Å². The Kier molecular flexibility index (Phi) is 2.78. The van der Waals surface area contributed by atoms with Crippen LogP contribution in [0.25, 0.3) is 12.2 Å². The Morgan fingerprint density at radius 3 is 2.60 bits per heavy atom. The smallest absolute Gasteiger partial charge is 0.195 e. The van der Waals surface area contributed by atoms with E-state index in [1.54, 1.807) is 0 Å². The van der Waals surface area contributed by atoms with Gasteiger partial charge in [-0.3, -0.25) is 5.10 Å². The summed E-state index contributed by atoms with van der Waals surface area (Å²) in [5, 5.41) is 6.83. The molecule has 3 nitrogen and oxygen atoms in total. The first kappa shape index (κ1) is 9.86. The van der Waals surface area contributed by atoms with Gasteiger partial charge in [-0.05, 0) is 23.9 Å². The number of nitrogens with zero attached hydrogens (tertiary/aromatic N) is 2. The fourth-order valence-corrected chi connectivity index (χ4v) is 1.38. The van der Waals surface area contributed by atoms with Gasteiger partial charge >= 0.3 is 0 Å². The Bertz CT molecular complexity index is 522. The van der Waals surface area contributed by atoms with Crippen molar-refractivity contribution in [2.24, 2.45) is 7.05 Å². The summed E-state index contributed by atoms with van der Waals surface area (Å²) < 4.78 is 2.46. The number of aromatic nitrogens is 3. The van der Waals surface area contributed by atoms with Crippen molar-refractivity contribution in [1.29, 1.82) is 0 Å². The second-order valence-electron chi connectivity index (χ2n) is 3.19. The van der Waals surface area contributed by atoms with Crippen LogP contribution in [-0.2, 0) is 7.05 Å². The quantitative estimate of drug-likeness (QED) is 0.785. The molecular formula is C11H11N3S. The number of hydrogen-bond donors (Lipinski definition) is 1. The van der Waals surface area contributed by atoms with E-state index in [4.69, 9.17) is 12.2 Å². The van der Waals surface area contributed by atoms with Crippen molar-refractivity contribution in [2.75, 3.05) is 0 Å². The lowest BCUT2D eigenvalue weighted by atomic mass is 10.2. The van der Waals surface area contributed by atoms with E-state index in [0.29, 0.717) is 4.77 Å². The Hall–Kier alpha value is -1.68. The minimum Gasteiger partial charge on any atom is -0.304 e. The summed E-state index contributed by atoms with van der Waals surface area (Å²) in [7, 11) is 1.89. The van der Waals surface area contributed by atoms with Crippen LogP contribution < -0.4 is 0 Å². The van der Waals surface area contributed by atoms with Crippen molar-refractivity contribution in [1.82, 2.24) is 14.8 Å². The molecule has 2 rings (SSSR count). The number of nitrogens with one attached hydrogen (secondary N) is 1. The summed E-state index contributed by atoms with van der Waals surface area (Å²) in [5.41, 5.74) is 1.14. The molecule has 0 bridgehead atoms. The molecule has 0 saturated heterocycles. The Morgan fingerprint density at radius 1 is 1.27 bits per heavy atom. The van der Waals surface area contributed by atoms with E-state index in [1.807, 2.05) is 54.1 Å². The second-order valence-corrected chi connectivity index (χ2v) is 3.58. The standard InChI is InChI=1S/C11H11N3S/c1-14-10(12-13-11(14)15)8-7-9-5-3-2-4-6-9/h2-8H,1H3,(H,13,15)/b8-7+. The van der Waals surface area contributed by atoms with Crippen molar-refractivity contribution in [3.63, 3.8) is 0 Å². The van der Waals surface area contributed by atoms with Crippen molar-refractivity contribution >= 4 is 24.4 Å². The highest BCUT2D eigenvalue weighted by atomic mass is 32.1. The highest BCUT2D eigenvalue weighted by Gasteiger charge is 1.95. The summed E-state index contributed by atoms with van der Waals surface area (Å²) in [6.07, 6.45) is 3.94. The van der Waals surface area contributed by atoms with Crippen LogP contribution in [0.15, 0.2) is 30.3 Å². The lowest BCUT2D eigenvalue weighted by Crippen LogP contribution is -1.90. The zero-order valence-corrected chi connectivity index (χ0v) is 9.16. The maximum absolute atomic E-state index is 5.02. The third-order valence-electron chi connectivity index (χ3n) is 2.14. The molecule has 0 fully saturated rings. The van der Waals surface area contributed by atoms with E-state index < -0.39 is 0 Å². The van der Waals surface area contributed by atoms with Gasteiger partial charge in [0.1, 0.15) is 0 Å². The zero-order chi connectivity index (χ0) is 10.7. The maximum atomic E-state index is 5.02. The second kappa shape index (κ2) is 4.23.